The molecule has 0 aliphatic rings. The Balaban J connectivity index is 1.84. The lowest BCUT2D eigenvalue weighted by Gasteiger charge is -2.19. The number of carbonyl (C=O) groups is 3. The summed E-state index contributed by atoms with van der Waals surface area (Å²) in [4.78, 5) is 38.8. The van der Waals surface area contributed by atoms with Crippen molar-refractivity contribution in [2.45, 2.75) is 37.3 Å². The van der Waals surface area contributed by atoms with Crippen LogP contribution in [0.4, 0.5) is 11.4 Å². The van der Waals surface area contributed by atoms with Crippen molar-refractivity contribution >= 4 is 40.9 Å². The van der Waals surface area contributed by atoms with E-state index in [2.05, 4.69) is 10.6 Å². The number of hydrogen-bond donors (Lipinski definition) is 2. The molecule has 7 heteroatoms. The van der Waals surface area contributed by atoms with E-state index in [1.165, 1.54) is 18.9 Å². The van der Waals surface area contributed by atoms with Crippen molar-refractivity contribution in [1.29, 1.82) is 0 Å². The highest BCUT2D eigenvalue weighted by molar-refractivity contribution is 8.00. The molecule has 2 N–H and O–H groups in total. The number of ether oxygens (including phenoxy) is 1. The largest absolute Gasteiger partial charge is 0.465 e. The Morgan fingerprint density at radius 1 is 0.886 bits per heavy atom. The molecule has 3 aromatic rings. The fraction of sp³-hybridized carbons (Fsp3) is 0.250. The third-order valence-electron chi connectivity index (χ3n) is 4.99. The second kappa shape index (κ2) is 11.7. The van der Waals surface area contributed by atoms with E-state index in [4.69, 9.17) is 4.74 Å². The van der Waals surface area contributed by atoms with Gasteiger partial charge >= 0.3 is 5.97 Å². The highest BCUT2D eigenvalue weighted by Gasteiger charge is 2.24. The van der Waals surface area contributed by atoms with Gasteiger partial charge in [0.1, 0.15) is 5.25 Å². The molecule has 3 aromatic carbocycles. The summed E-state index contributed by atoms with van der Waals surface area (Å²) in [5.74, 6) is -0.861. The molecule has 0 radical (unpaired) electrons. The highest BCUT2D eigenvalue weighted by Crippen LogP contribution is 2.37. The maximum atomic E-state index is 13.4. The van der Waals surface area contributed by atoms with E-state index in [0.29, 0.717) is 17.8 Å². The van der Waals surface area contributed by atoms with Crippen LogP contribution in [-0.2, 0) is 14.3 Å². The Morgan fingerprint density at radius 2 is 1.57 bits per heavy atom. The number of hydrogen-bond acceptors (Lipinski definition) is 5. The van der Waals surface area contributed by atoms with Crippen LogP contribution in [0.1, 0.15) is 48.4 Å². The fourth-order valence-electron chi connectivity index (χ4n) is 3.45. The number of rotatable bonds is 8. The first-order valence-electron chi connectivity index (χ1n) is 11.3. The minimum atomic E-state index is -0.595. The lowest BCUT2D eigenvalue weighted by Crippen LogP contribution is -2.21. The van der Waals surface area contributed by atoms with Gasteiger partial charge in [0, 0.05) is 17.0 Å². The zero-order valence-corrected chi connectivity index (χ0v) is 21.1. The number of methoxy groups -OCH3 is 1. The molecule has 0 aliphatic carbocycles. The van der Waals surface area contributed by atoms with E-state index in [1.807, 2.05) is 75.4 Å². The van der Waals surface area contributed by atoms with Crippen molar-refractivity contribution in [3.8, 4) is 0 Å². The third-order valence-corrected chi connectivity index (χ3v) is 6.24. The first-order valence-corrected chi connectivity index (χ1v) is 12.1. The monoisotopic (exact) mass is 490 g/mol. The SMILES string of the molecule is COC(=O)c1ccccc1NC(=O)C(Sc1cccc(NC(=O)CC(C)(C)C)c1)c1ccccc1. The van der Waals surface area contributed by atoms with E-state index >= 15 is 0 Å². The zero-order chi connectivity index (χ0) is 25.4. The van der Waals surface area contributed by atoms with E-state index in [0.717, 1.165) is 10.5 Å². The summed E-state index contributed by atoms with van der Waals surface area (Å²) in [6, 6.07) is 23.6. The van der Waals surface area contributed by atoms with Crippen LogP contribution < -0.4 is 10.6 Å². The molecule has 0 heterocycles. The predicted octanol–water partition coefficient (Wildman–Crippen LogP) is 6.32. The van der Waals surface area contributed by atoms with Crippen LogP contribution in [0.5, 0.6) is 0 Å². The van der Waals surface area contributed by atoms with Crippen LogP contribution >= 0.6 is 11.8 Å². The molecule has 6 nitrogen and oxygen atoms in total. The van der Waals surface area contributed by atoms with Crippen LogP contribution in [0, 0.1) is 5.41 Å². The number of carbonyl (C=O) groups excluding carboxylic acids is 3. The molecule has 2 amide bonds. The van der Waals surface area contributed by atoms with E-state index in [9.17, 15) is 14.4 Å². The molecular formula is C28H30N2O4S. The molecule has 0 aromatic heterocycles. The van der Waals surface area contributed by atoms with Gasteiger partial charge in [-0.2, -0.15) is 0 Å². The van der Waals surface area contributed by atoms with Crippen LogP contribution in [0.3, 0.4) is 0 Å². The molecule has 182 valence electrons. The van der Waals surface area contributed by atoms with Crippen LogP contribution in [0.15, 0.2) is 83.8 Å². The van der Waals surface area contributed by atoms with Crippen LogP contribution in [-0.4, -0.2) is 24.9 Å². The third kappa shape index (κ3) is 7.72. The van der Waals surface area contributed by atoms with Crippen molar-refractivity contribution in [3.05, 3.63) is 90.0 Å². The number of nitrogens with one attached hydrogen (secondary N) is 2. The lowest BCUT2D eigenvalue weighted by molar-refractivity contribution is -0.118. The maximum Gasteiger partial charge on any atom is 0.339 e. The maximum absolute atomic E-state index is 13.4. The molecule has 3 rings (SSSR count). The Morgan fingerprint density at radius 3 is 2.26 bits per heavy atom. The first kappa shape index (κ1) is 26.0. The van der Waals surface area contributed by atoms with Gasteiger partial charge in [-0.25, -0.2) is 4.79 Å². The molecule has 1 unspecified atom stereocenters. The zero-order valence-electron chi connectivity index (χ0n) is 20.3. The van der Waals surface area contributed by atoms with Gasteiger partial charge in [0.25, 0.3) is 0 Å². The lowest BCUT2D eigenvalue weighted by atomic mass is 9.92. The molecule has 0 spiro atoms. The van der Waals surface area contributed by atoms with Crippen molar-refractivity contribution in [2.75, 3.05) is 17.7 Å². The molecular weight excluding hydrogens is 460 g/mol. The summed E-state index contributed by atoms with van der Waals surface area (Å²) in [6.45, 7) is 6.04. The average molecular weight is 491 g/mol. The topological polar surface area (TPSA) is 84.5 Å². The number of thioether (sulfide) groups is 1. The summed E-state index contributed by atoms with van der Waals surface area (Å²) < 4.78 is 4.84. The molecule has 35 heavy (non-hydrogen) atoms. The fourth-order valence-corrected chi connectivity index (χ4v) is 4.53. The van der Waals surface area contributed by atoms with Gasteiger partial charge in [-0.1, -0.05) is 69.3 Å². The Bertz CT molecular complexity index is 1190. The van der Waals surface area contributed by atoms with E-state index in [-0.39, 0.29) is 22.8 Å². The van der Waals surface area contributed by atoms with Crippen molar-refractivity contribution in [2.24, 2.45) is 5.41 Å². The average Bonchev–Trinajstić information content (AvgIpc) is 2.82. The molecule has 0 saturated carbocycles. The predicted molar refractivity (Wildman–Crippen MR) is 141 cm³/mol. The second-order valence-electron chi connectivity index (χ2n) is 9.25. The molecule has 0 aliphatic heterocycles. The van der Waals surface area contributed by atoms with Crippen molar-refractivity contribution in [1.82, 2.24) is 0 Å². The first-order chi connectivity index (χ1) is 16.7. The van der Waals surface area contributed by atoms with E-state index < -0.39 is 11.2 Å². The number of esters is 1. The van der Waals surface area contributed by atoms with Crippen molar-refractivity contribution in [3.63, 3.8) is 0 Å². The molecule has 0 fully saturated rings. The molecule has 0 saturated heterocycles. The van der Waals surface area contributed by atoms with E-state index in [1.54, 1.807) is 24.3 Å². The van der Waals surface area contributed by atoms with Gasteiger partial charge in [0.15, 0.2) is 0 Å². The molecule has 1 atom stereocenters. The minimum absolute atomic E-state index is 0.0589. The van der Waals surface area contributed by atoms with Gasteiger partial charge in [0.05, 0.1) is 18.4 Å². The van der Waals surface area contributed by atoms with Gasteiger partial charge in [-0.15, -0.1) is 11.8 Å². The smallest absolute Gasteiger partial charge is 0.339 e. The Kier molecular flexibility index (Phi) is 8.71. The van der Waals surface area contributed by atoms with Gasteiger partial charge < -0.3 is 15.4 Å². The summed E-state index contributed by atoms with van der Waals surface area (Å²) >= 11 is 1.36. The second-order valence-corrected chi connectivity index (χ2v) is 10.4. The van der Waals surface area contributed by atoms with Gasteiger partial charge in [-0.05, 0) is 41.3 Å². The summed E-state index contributed by atoms with van der Waals surface area (Å²) in [5.41, 5.74) is 2.03. The van der Waals surface area contributed by atoms with Crippen LogP contribution in [0.2, 0.25) is 0 Å². The standard InChI is InChI=1S/C28H30N2O4S/c1-28(2,3)18-24(31)29-20-13-10-14-21(17-20)35-25(19-11-6-5-7-12-19)26(32)30-23-16-9-8-15-22(23)27(33)34-4/h5-17,25H,18H2,1-4H3,(H,29,31)(H,30,32). The molecule has 0 bridgehead atoms. The quantitative estimate of drug-likeness (QED) is 0.285. The number of para-hydroxylation sites is 1. The summed E-state index contributed by atoms with van der Waals surface area (Å²) in [6.07, 6.45) is 0.402. The Labute approximate surface area is 210 Å². The van der Waals surface area contributed by atoms with Crippen LogP contribution in [0.25, 0.3) is 0 Å². The Hall–Kier alpha value is -3.58. The number of amides is 2. The highest BCUT2D eigenvalue weighted by atomic mass is 32.2. The number of anilines is 2. The summed E-state index contributed by atoms with van der Waals surface area (Å²) in [5, 5.41) is 5.23. The van der Waals surface area contributed by atoms with Gasteiger partial charge in [0.2, 0.25) is 11.8 Å². The minimum Gasteiger partial charge on any atom is -0.465 e. The van der Waals surface area contributed by atoms with Gasteiger partial charge in [-0.3, -0.25) is 9.59 Å². The number of benzene rings is 3. The summed E-state index contributed by atoms with van der Waals surface area (Å²) in [7, 11) is 1.30. The van der Waals surface area contributed by atoms with Crippen molar-refractivity contribution < 1.29 is 19.1 Å². The normalized spacial score (nSPS) is 11.9.